The van der Waals surface area contributed by atoms with E-state index in [1.807, 2.05) is 25.7 Å². The maximum Gasteiger partial charge on any atom is 0.410 e. The van der Waals surface area contributed by atoms with Gasteiger partial charge in [-0.15, -0.1) is 0 Å². The van der Waals surface area contributed by atoms with Crippen LogP contribution in [0.2, 0.25) is 0 Å². The Balaban J connectivity index is 2.04. The summed E-state index contributed by atoms with van der Waals surface area (Å²) in [5.74, 6) is 0. The lowest BCUT2D eigenvalue weighted by Crippen LogP contribution is -2.51. The smallest absolute Gasteiger partial charge is 0.410 e. The van der Waals surface area contributed by atoms with Crippen molar-refractivity contribution in [3.8, 4) is 0 Å². The molecule has 2 aliphatic heterocycles. The second kappa shape index (κ2) is 3.86. The third-order valence-corrected chi connectivity index (χ3v) is 4.58. The Morgan fingerprint density at radius 1 is 1.22 bits per heavy atom. The van der Waals surface area contributed by atoms with Crippen LogP contribution in [0.4, 0.5) is 4.79 Å². The molecule has 3 aliphatic rings. The van der Waals surface area contributed by atoms with Gasteiger partial charge in [-0.05, 0) is 47.5 Å². The van der Waals surface area contributed by atoms with E-state index in [1.165, 1.54) is 0 Å². The van der Waals surface area contributed by atoms with Gasteiger partial charge in [-0.25, -0.2) is 4.79 Å². The van der Waals surface area contributed by atoms with E-state index in [1.54, 1.807) is 7.11 Å². The second-order valence-corrected chi connectivity index (χ2v) is 7.17. The largest absolute Gasteiger partial charge is 0.444 e. The molecule has 3 fully saturated rings. The van der Waals surface area contributed by atoms with Gasteiger partial charge in [-0.2, -0.15) is 0 Å². The summed E-state index contributed by atoms with van der Waals surface area (Å²) in [7, 11) is 1.75. The molecule has 0 atom stereocenters. The molecule has 4 nitrogen and oxygen atoms in total. The first-order valence-corrected chi connectivity index (χ1v) is 6.65. The van der Waals surface area contributed by atoms with Crippen molar-refractivity contribution < 1.29 is 14.3 Å². The molecule has 0 radical (unpaired) electrons. The predicted octanol–water partition coefficient (Wildman–Crippen LogP) is 2.81. The lowest BCUT2D eigenvalue weighted by Gasteiger charge is -2.47. The molecule has 4 heteroatoms. The van der Waals surface area contributed by atoms with E-state index in [2.05, 4.69) is 13.8 Å². The summed E-state index contributed by atoms with van der Waals surface area (Å²) in [6.07, 6.45) is 1.89. The highest BCUT2D eigenvalue weighted by molar-refractivity contribution is 5.70. The van der Waals surface area contributed by atoms with Gasteiger partial charge in [0.1, 0.15) is 5.60 Å². The second-order valence-electron chi connectivity index (χ2n) is 7.17. The Labute approximate surface area is 110 Å². The van der Waals surface area contributed by atoms with Crippen LogP contribution in [0.15, 0.2) is 0 Å². The van der Waals surface area contributed by atoms with Crippen LogP contribution in [0.1, 0.15) is 47.5 Å². The van der Waals surface area contributed by atoms with Crippen molar-refractivity contribution in [2.24, 2.45) is 5.41 Å². The quantitative estimate of drug-likeness (QED) is 0.761. The van der Waals surface area contributed by atoms with Gasteiger partial charge in [0, 0.05) is 25.1 Å². The lowest BCUT2D eigenvalue weighted by atomic mass is 9.61. The van der Waals surface area contributed by atoms with E-state index in [9.17, 15) is 4.79 Å². The minimum absolute atomic E-state index is 0.114. The number of hydrogen-bond donors (Lipinski definition) is 0. The fourth-order valence-corrected chi connectivity index (χ4v) is 3.08. The van der Waals surface area contributed by atoms with Crippen molar-refractivity contribution in [2.45, 2.75) is 64.7 Å². The zero-order valence-electron chi connectivity index (χ0n) is 12.4. The molecule has 18 heavy (non-hydrogen) atoms. The van der Waals surface area contributed by atoms with Gasteiger partial charge in [-0.1, -0.05) is 0 Å². The van der Waals surface area contributed by atoms with Crippen LogP contribution in [0, 0.1) is 5.41 Å². The van der Waals surface area contributed by atoms with Crippen LogP contribution in [0.5, 0.6) is 0 Å². The molecule has 1 amide bonds. The van der Waals surface area contributed by atoms with E-state index < -0.39 is 5.60 Å². The highest BCUT2D eigenvalue weighted by Gasteiger charge is 2.64. The van der Waals surface area contributed by atoms with Crippen LogP contribution in [-0.4, -0.2) is 41.9 Å². The Morgan fingerprint density at radius 2 is 1.78 bits per heavy atom. The normalized spacial score (nSPS) is 31.2. The van der Waals surface area contributed by atoms with Crippen LogP contribution in [0.25, 0.3) is 0 Å². The monoisotopic (exact) mass is 255 g/mol. The summed E-state index contributed by atoms with van der Waals surface area (Å²) in [6.45, 7) is 10.7. The summed E-state index contributed by atoms with van der Waals surface area (Å²) in [5.41, 5.74) is -0.489. The number of carbonyl (C=O) groups excluding carboxylic acids is 1. The minimum Gasteiger partial charge on any atom is -0.444 e. The SMILES string of the molecule is COC(C)(C)C12CC(C1)N(C(=O)OC(C)(C)C)C2. The van der Waals surface area contributed by atoms with Crippen molar-refractivity contribution in [3.05, 3.63) is 0 Å². The zero-order chi connectivity index (χ0) is 13.8. The minimum atomic E-state index is -0.423. The standard InChI is InChI=1S/C14H25NO3/c1-12(2,3)18-11(16)15-9-14(7-10(15)8-14)13(4,5)17-6/h10H,7-9H2,1-6H3. The van der Waals surface area contributed by atoms with Crippen molar-refractivity contribution in [3.63, 3.8) is 0 Å². The number of nitrogens with zero attached hydrogens (tertiary/aromatic N) is 1. The number of hydrogen-bond acceptors (Lipinski definition) is 3. The number of methoxy groups -OCH3 is 1. The molecule has 2 saturated heterocycles. The highest BCUT2D eigenvalue weighted by Crippen LogP contribution is 2.58. The van der Waals surface area contributed by atoms with Gasteiger partial charge in [0.2, 0.25) is 0 Å². The summed E-state index contributed by atoms with van der Waals surface area (Å²) in [6, 6.07) is 0.342. The third kappa shape index (κ3) is 2.00. The fourth-order valence-electron chi connectivity index (χ4n) is 3.08. The zero-order valence-corrected chi connectivity index (χ0v) is 12.4. The molecule has 0 N–H and O–H groups in total. The highest BCUT2D eigenvalue weighted by atomic mass is 16.6. The summed E-state index contributed by atoms with van der Waals surface area (Å²) in [5, 5.41) is 0. The Hall–Kier alpha value is -0.770. The van der Waals surface area contributed by atoms with Crippen LogP contribution in [0.3, 0.4) is 0 Å². The van der Waals surface area contributed by atoms with E-state index in [0.29, 0.717) is 6.04 Å². The maximum absolute atomic E-state index is 12.1. The molecule has 0 aromatic carbocycles. The molecule has 3 rings (SSSR count). The Kier molecular flexibility index (Phi) is 2.93. The molecule has 1 aliphatic carbocycles. The van der Waals surface area contributed by atoms with E-state index >= 15 is 0 Å². The molecular weight excluding hydrogens is 230 g/mol. The molecule has 0 aromatic heterocycles. The number of carbonyl (C=O) groups is 1. The number of amides is 1. The van der Waals surface area contributed by atoms with Crippen molar-refractivity contribution in [1.82, 2.24) is 4.90 Å². The van der Waals surface area contributed by atoms with Gasteiger partial charge in [0.25, 0.3) is 0 Å². The molecule has 104 valence electrons. The Bertz CT molecular complexity index is 351. The van der Waals surface area contributed by atoms with Gasteiger partial charge < -0.3 is 14.4 Å². The first-order valence-electron chi connectivity index (χ1n) is 6.65. The number of ether oxygens (including phenoxy) is 2. The van der Waals surface area contributed by atoms with Gasteiger partial charge in [0.05, 0.1) is 5.60 Å². The molecule has 0 aromatic rings. The summed E-state index contributed by atoms with van der Waals surface area (Å²) in [4.78, 5) is 14.0. The van der Waals surface area contributed by atoms with Gasteiger partial charge in [0.15, 0.2) is 0 Å². The third-order valence-electron chi connectivity index (χ3n) is 4.58. The fraction of sp³-hybridized carbons (Fsp3) is 0.929. The molecule has 0 unspecified atom stereocenters. The number of fused-ring (bicyclic) bond motifs is 1. The average molecular weight is 255 g/mol. The first kappa shape index (κ1) is 13.7. The molecule has 1 saturated carbocycles. The topological polar surface area (TPSA) is 38.8 Å². The van der Waals surface area contributed by atoms with Crippen LogP contribution in [-0.2, 0) is 9.47 Å². The Morgan fingerprint density at radius 3 is 2.22 bits per heavy atom. The molecule has 2 heterocycles. The number of rotatable bonds is 2. The molecular formula is C14H25NO3. The van der Waals surface area contributed by atoms with Crippen molar-refractivity contribution >= 4 is 6.09 Å². The van der Waals surface area contributed by atoms with E-state index in [4.69, 9.17) is 9.47 Å². The first-order chi connectivity index (χ1) is 8.10. The molecule has 2 bridgehead atoms. The molecule has 0 spiro atoms. The van der Waals surface area contributed by atoms with E-state index in [0.717, 1.165) is 19.4 Å². The van der Waals surface area contributed by atoms with Crippen LogP contribution >= 0.6 is 0 Å². The van der Waals surface area contributed by atoms with E-state index in [-0.39, 0.29) is 17.1 Å². The van der Waals surface area contributed by atoms with Crippen molar-refractivity contribution in [1.29, 1.82) is 0 Å². The predicted molar refractivity (Wildman–Crippen MR) is 69.5 cm³/mol. The average Bonchev–Trinajstić information content (AvgIpc) is 2.69. The van der Waals surface area contributed by atoms with Crippen molar-refractivity contribution in [2.75, 3.05) is 13.7 Å². The van der Waals surface area contributed by atoms with Gasteiger partial charge in [-0.3, -0.25) is 0 Å². The lowest BCUT2D eigenvalue weighted by molar-refractivity contribution is -0.104. The van der Waals surface area contributed by atoms with Crippen LogP contribution < -0.4 is 0 Å². The van der Waals surface area contributed by atoms with Gasteiger partial charge >= 0.3 is 6.09 Å². The summed E-state index contributed by atoms with van der Waals surface area (Å²) < 4.78 is 11.1. The maximum atomic E-state index is 12.1. The summed E-state index contributed by atoms with van der Waals surface area (Å²) >= 11 is 0.